The molecule has 1 amide bonds. The Balaban J connectivity index is 1.85. The van der Waals surface area contributed by atoms with Crippen molar-refractivity contribution in [3.05, 3.63) is 29.8 Å². The van der Waals surface area contributed by atoms with E-state index >= 15 is 0 Å². The molecule has 4 heteroatoms. The monoisotopic (exact) mass is 261 g/mol. The number of piperidine rings is 1. The molecule has 0 spiro atoms. The van der Waals surface area contributed by atoms with Gasteiger partial charge >= 0.3 is 0 Å². The summed E-state index contributed by atoms with van der Waals surface area (Å²) in [7, 11) is 0. The van der Waals surface area contributed by atoms with Gasteiger partial charge in [0.05, 0.1) is 6.54 Å². The van der Waals surface area contributed by atoms with Crippen LogP contribution >= 0.6 is 0 Å². The minimum absolute atomic E-state index is 0.0474. The van der Waals surface area contributed by atoms with Crippen LogP contribution in [0.5, 0.6) is 0 Å². The van der Waals surface area contributed by atoms with Crippen molar-refractivity contribution in [2.75, 3.05) is 18.4 Å². The van der Waals surface area contributed by atoms with Crippen LogP contribution in [0, 0.1) is 6.92 Å². The number of nitrogens with two attached hydrogens (primary N) is 1. The molecule has 104 valence electrons. The number of likely N-dealkylation sites (tertiary alicyclic amines) is 1. The normalized spacial score (nSPS) is 24.2. The summed E-state index contributed by atoms with van der Waals surface area (Å²) in [6, 6.07) is 8.53. The summed E-state index contributed by atoms with van der Waals surface area (Å²) < 4.78 is 0. The molecule has 2 unspecified atom stereocenters. The first-order chi connectivity index (χ1) is 9.04. The van der Waals surface area contributed by atoms with Crippen LogP contribution in [0.25, 0.3) is 0 Å². The van der Waals surface area contributed by atoms with Gasteiger partial charge in [0.2, 0.25) is 5.91 Å². The molecular weight excluding hydrogens is 238 g/mol. The van der Waals surface area contributed by atoms with E-state index in [9.17, 15) is 4.79 Å². The van der Waals surface area contributed by atoms with Crippen LogP contribution in [0.15, 0.2) is 24.3 Å². The van der Waals surface area contributed by atoms with E-state index in [0.717, 1.165) is 25.1 Å². The molecular formula is C15H23N3O. The largest absolute Gasteiger partial charge is 0.328 e. The summed E-state index contributed by atoms with van der Waals surface area (Å²) in [5.41, 5.74) is 7.98. The number of aryl methyl sites for hydroxylation is 1. The number of anilines is 1. The van der Waals surface area contributed by atoms with Gasteiger partial charge in [-0.25, -0.2) is 0 Å². The van der Waals surface area contributed by atoms with E-state index in [1.165, 1.54) is 5.56 Å². The lowest BCUT2D eigenvalue weighted by Gasteiger charge is -2.35. The van der Waals surface area contributed by atoms with Gasteiger partial charge in [0.25, 0.3) is 0 Å². The first-order valence-corrected chi connectivity index (χ1v) is 6.91. The topological polar surface area (TPSA) is 58.4 Å². The van der Waals surface area contributed by atoms with Crippen molar-refractivity contribution < 1.29 is 4.79 Å². The number of carbonyl (C=O) groups is 1. The number of nitrogens with zero attached hydrogens (tertiary/aromatic N) is 1. The van der Waals surface area contributed by atoms with Crippen molar-refractivity contribution in [1.82, 2.24) is 4.90 Å². The maximum Gasteiger partial charge on any atom is 0.238 e. The molecule has 1 aliphatic rings. The standard InChI is InChI=1S/C15H23N3O/c1-11-3-5-14(6-4-11)17-15(19)10-18-8-7-13(16)9-12(18)2/h3-6,12-13H,7-10,16H2,1-2H3,(H,17,19). The van der Waals surface area contributed by atoms with Crippen LogP contribution in [0.3, 0.4) is 0 Å². The molecule has 0 bridgehead atoms. The molecule has 1 aliphatic heterocycles. The molecule has 3 N–H and O–H groups in total. The Morgan fingerprint density at radius 2 is 2.11 bits per heavy atom. The first kappa shape index (κ1) is 14.0. The number of amides is 1. The molecule has 2 atom stereocenters. The highest BCUT2D eigenvalue weighted by Gasteiger charge is 2.24. The van der Waals surface area contributed by atoms with Crippen LogP contribution in [0.1, 0.15) is 25.3 Å². The Morgan fingerprint density at radius 3 is 2.74 bits per heavy atom. The molecule has 19 heavy (non-hydrogen) atoms. The molecule has 1 saturated heterocycles. The SMILES string of the molecule is Cc1ccc(NC(=O)CN2CCC(N)CC2C)cc1. The number of hydrogen-bond acceptors (Lipinski definition) is 3. The number of nitrogens with one attached hydrogen (secondary N) is 1. The van der Waals surface area contributed by atoms with Gasteiger partial charge in [0.1, 0.15) is 0 Å². The Hall–Kier alpha value is -1.39. The van der Waals surface area contributed by atoms with Crippen molar-refractivity contribution in [2.24, 2.45) is 5.73 Å². The molecule has 1 heterocycles. The van der Waals surface area contributed by atoms with Gasteiger partial charge in [-0.1, -0.05) is 17.7 Å². The zero-order valence-corrected chi connectivity index (χ0v) is 11.7. The van der Waals surface area contributed by atoms with Crippen molar-refractivity contribution in [2.45, 2.75) is 38.8 Å². The first-order valence-electron chi connectivity index (χ1n) is 6.91. The second-order valence-corrected chi connectivity index (χ2v) is 5.52. The molecule has 0 radical (unpaired) electrons. The quantitative estimate of drug-likeness (QED) is 0.871. The minimum Gasteiger partial charge on any atom is -0.328 e. The second kappa shape index (κ2) is 6.17. The Morgan fingerprint density at radius 1 is 1.42 bits per heavy atom. The van der Waals surface area contributed by atoms with Gasteiger partial charge in [-0.15, -0.1) is 0 Å². The van der Waals surface area contributed by atoms with Crippen LogP contribution in [0.4, 0.5) is 5.69 Å². The number of benzene rings is 1. The maximum absolute atomic E-state index is 12.0. The van der Waals surface area contributed by atoms with E-state index in [0.29, 0.717) is 12.6 Å². The van der Waals surface area contributed by atoms with E-state index in [4.69, 9.17) is 5.73 Å². The van der Waals surface area contributed by atoms with Crippen LogP contribution < -0.4 is 11.1 Å². The van der Waals surface area contributed by atoms with E-state index in [1.807, 2.05) is 31.2 Å². The lowest BCUT2D eigenvalue weighted by atomic mass is 9.99. The van der Waals surface area contributed by atoms with Crippen molar-refractivity contribution in [3.63, 3.8) is 0 Å². The summed E-state index contributed by atoms with van der Waals surface area (Å²) in [5.74, 6) is 0.0474. The third-order valence-corrected chi connectivity index (χ3v) is 3.74. The van der Waals surface area contributed by atoms with Gasteiger partial charge in [-0.2, -0.15) is 0 Å². The summed E-state index contributed by atoms with van der Waals surface area (Å²) >= 11 is 0. The molecule has 0 aliphatic carbocycles. The fourth-order valence-corrected chi connectivity index (χ4v) is 2.51. The Labute approximate surface area is 115 Å². The van der Waals surface area contributed by atoms with Crippen molar-refractivity contribution >= 4 is 11.6 Å². The zero-order chi connectivity index (χ0) is 13.8. The fraction of sp³-hybridized carbons (Fsp3) is 0.533. The third-order valence-electron chi connectivity index (χ3n) is 3.74. The Kier molecular flexibility index (Phi) is 4.56. The molecule has 1 fully saturated rings. The molecule has 1 aromatic rings. The van der Waals surface area contributed by atoms with Gasteiger partial charge in [-0.05, 0) is 38.8 Å². The van der Waals surface area contributed by atoms with Gasteiger partial charge in [0, 0.05) is 24.3 Å². The van der Waals surface area contributed by atoms with Crippen LogP contribution in [-0.4, -0.2) is 36.0 Å². The molecule has 4 nitrogen and oxygen atoms in total. The zero-order valence-electron chi connectivity index (χ0n) is 11.7. The smallest absolute Gasteiger partial charge is 0.238 e. The number of carbonyl (C=O) groups excluding carboxylic acids is 1. The van der Waals surface area contributed by atoms with Gasteiger partial charge < -0.3 is 11.1 Å². The lowest BCUT2D eigenvalue weighted by Crippen LogP contribution is -2.48. The summed E-state index contributed by atoms with van der Waals surface area (Å²) in [5, 5.41) is 2.94. The fourth-order valence-electron chi connectivity index (χ4n) is 2.51. The maximum atomic E-state index is 12.0. The lowest BCUT2D eigenvalue weighted by molar-refractivity contribution is -0.118. The van der Waals surface area contributed by atoms with Crippen molar-refractivity contribution in [3.8, 4) is 0 Å². The highest BCUT2D eigenvalue weighted by molar-refractivity contribution is 5.92. The van der Waals surface area contributed by atoms with E-state index in [2.05, 4.69) is 17.1 Å². The van der Waals surface area contributed by atoms with Crippen molar-refractivity contribution in [1.29, 1.82) is 0 Å². The number of rotatable bonds is 3. The van der Waals surface area contributed by atoms with Gasteiger partial charge in [0.15, 0.2) is 0 Å². The number of hydrogen-bond donors (Lipinski definition) is 2. The summed E-state index contributed by atoms with van der Waals surface area (Å²) in [6.07, 6.45) is 1.94. The predicted molar refractivity (Wildman–Crippen MR) is 78.1 cm³/mol. The molecule has 0 saturated carbocycles. The summed E-state index contributed by atoms with van der Waals surface area (Å²) in [6.45, 7) is 5.52. The predicted octanol–water partition coefficient (Wildman–Crippen LogP) is 1.75. The van der Waals surface area contributed by atoms with Crippen LogP contribution in [0.2, 0.25) is 0 Å². The van der Waals surface area contributed by atoms with E-state index in [1.54, 1.807) is 0 Å². The highest BCUT2D eigenvalue weighted by Crippen LogP contribution is 2.16. The Bertz CT molecular complexity index is 430. The average Bonchev–Trinajstić information content (AvgIpc) is 2.36. The van der Waals surface area contributed by atoms with E-state index < -0.39 is 0 Å². The second-order valence-electron chi connectivity index (χ2n) is 5.52. The molecule has 2 rings (SSSR count). The van der Waals surface area contributed by atoms with Crippen LogP contribution in [-0.2, 0) is 4.79 Å². The van der Waals surface area contributed by atoms with Gasteiger partial charge in [-0.3, -0.25) is 9.69 Å². The molecule has 0 aromatic heterocycles. The third kappa shape index (κ3) is 4.04. The van der Waals surface area contributed by atoms with E-state index in [-0.39, 0.29) is 11.9 Å². The average molecular weight is 261 g/mol. The minimum atomic E-state index is 0.0474. The summed E-state index contributed by atoms with van der Waals surface area (Å²) in [4.78, 5) is 14.2. The molecule has 1 aromatic carbocycles. The highest BCUT2D eigenvalue weighted by atomic mass is 16.2.